The maximum atomic E-state index is 9.03. The van der Waals surface area contributed by atoms with Crippen molar-refractivity contribution in [1.82, 2.24) is 4.57 Å². The van der Waals surface area contributed by atoms with Crippen molar-refractivity contribution in [1.29, 1.82) is 15.9 Å². The Bertz CT molecular complexity index is 623. The molecule has 2 heterocycles. The number of pyridine rings is 1. The average molecular weight is 211 g/mol. The Labute approximate surface area is 92.6 Å². The van der Waals surface area contributed by atoms with Gasteiger partial charge in [-0.1, -0.05) is 6.58 Å². The van der Waals surface area contributed by atoms with Crippen LogP contribution in [0.3, 0.4) is 0 Å². The van der Waals surface area contributed by atoms with Crippen molar-refractivity contribution in [2.75, 3.05) is 18.5 Å². The van der Waals surface area contributed by atoms with Gasteiger partial charge in [0.25, 0.3) is 0 Å². The van der Waals surface area contributed by atoms with E-state index in [1.807, 2.05) is 24.1 Å². The quantitative estimate of drug-likeness (QED) is 0.683. The van der Waals surface area contributed by atoms with Crippen LogP contribution in [0, 0.1) is 28.1 Å². The molecule has 0 saturated heterocycles. The average Bonchev–Trinajstić information content (AvgIpc) is 2.56. The molecule has 0 radical (unpaired) electrons. The van der Waals surface area contributed by atoms with Gasteiger partial charge in [0.1, 0.15) is 23.4 Å². The fourth-order valence-corrected chi connectivity index (χ4v) is 1.90. The summed E-state index contributed by atoms with van der Waals surface area (Å²) in [6.45, 7) is 4.40. The van der Waals surface area contributed by atoms with Crippen LogP contribution >= 0.6 is 0 Å². The molecular weight excluding hydrogens is 202 g/mol. The maximum absolute atomic E-state index is 9.03. The van der Waals surface area contributed by atoms with Gasteiger partial charge in [0, 0.05) is 12.7 Å². The molecular formula is C11H9N5. The van der Waals surface area contributed by atoms with E-state index in [4.69, 9.17) is 15.9 Å². The molecule has 0 atom stereocenters. The lowest BCUT2D eigenvalue weighted by atomic mass is 10.2. The maximum Gasteiger partial charge on any atom is 0.149 e. The summed E-state index contributed by atoms with van der Waals surface area (Å²) >= 11 is 0. The van der Waals surface area contributed by atoms with Crippen molar-refractivity contribution in [3.8, 4) is 12.1 Å². The normalized spacial score (nSPS) is 13.2. The van der Waals surface area contributed by atoms with Crippen LogP contribution in [0.5, 0.6) is 0 Å². The lowest BCUT2D eigenvalue weighted by molar-refractivity contribution is 0.958. The van der Waals surface area contributed by atoms with Gasteiger partial charge in [-0.25, -0.2) is 0 Å². The van der Waals surface area contributed by atoms with Crippen molar-refractivity contribution in [2.24, 2.45) is 0 Å². The minimum Gasteiger partial charge on any atom is -0.354 e. The standard InChI is InChI=1S/C11H9N5/c1-7-6-15(2)11-9(5-13)3-8(4-12)10(14)16(7)11/h3,14H,1,6H2,2H3. The van der Waals surface area contributed by atoms with Crippen molar-refractivity contribution in [2.45, 2.75) is 0 Å². The Morgan fingerprint density at radius 1 is 1.38 bits per heavy atom. The second kappa shape index (κ2) is 3.25. The Balaban J connectivity index is 2.93. The topological polar surface area (TPSA) is 79.6 Å². The van der Waals surface area contributed by atoms with Gasteiger partial charge in [0.05, 0.1) is 17.7 Å². The summed E-state index contributed by atoms with van der Waals surface area (Å²) in [5.41, 5.74) is 1.38. The number of aromatic nitrogens is 1. The van der Waals surface area contributed by atoms with Gasteiger partial charge in [-0.05, 0) is 6.07 Å². The number of nitrogens with zero attached hydrogens (tertiary/aromatic N) is 4. The van der Waals surface area contributed by atoms with Gasteiger partial charge in [0.2, 0.25) is 0 Å². The van der Waals surface area contributed by atoms with E-state index in [0.717, 1.165) is 0 Å². The summed E-state index contributed by atoms with van der Waals surface area (Å²) in [4.78, 5) is 1.85. The number of likely N-dealkylation sites (N-methyl/N-ethyl adjacent to an activating group) is 1. The lowest BCUT2D eigenvalue weighted by Gasteiger charge is -2.12. The van der Waals surface area contributed by atoms with Gasteiger partial charge in [-0.2, -0.15) is 10.5 Å². The molecule has 0 aromatic carbocycles. The second-order valence-electron chi connectivity index (χ2n) is 3.63. The molecule has 78 valence electrons. The lowest BCUT2D eigenvalue weighted by Crippen LogP contribution is -2.22. The van der Waals surface area contributed by atoms with Crippen LogP contribution < -0.4 is 10.4 Å². The Kier molecular flexibility index (Phi) is 2.03. The van der Waals surface area contributed by atoms with Gasteiger partial charge >= 0.3 is 0 Å². The fraction of sp³-hybridized carbons (Fsp3) is 0.182. The summed E-state index contributed by atoms with van der Waals surface area (Å²) in [6, 6.07) is 5.41. The first-order valence-corrected chi connectivity index (χ1v) is 4.64. The Morgan fingerprint density at radius 3 is 2.56 bits per heavy atom. The highest BCUT2D eigenvalue weighted by Gasteiger charge is 2.24. The number of nitrogens with one attached hydrogen (secondary N) is 1. The van der Waals surface area contributed by atoms with Crippen LogP contribution in [-0.4, -0.2) is 18.2 Å². The van der Waals surface area contributed by atoms with Crippen LogP contribution in [0.15, 0.2) is 12.6 Å². The summed E-state index contributed by atoms with van der Waals surface area (Å²) in [7, 11) is 1.83. The zero-order valence-corrected chi connectivity index (χ0v) is 8.78. The monoisotopic (exact) mass is 211 g/mol. The summed E-state index contributed by atoms with van der Waals surface area (Å²) in [5, 5.41) is 25.8. The molecule has 1 N–H and O–H groups in total. The summed E-state index contributed by atoms with van der Waals surface area (Å²) < 4.78 is 1.55. The Hall–Kier alpha value is -2.53. The third kappa shape index (κ3) is 1.12. The molecule has 1 aliphatic heterocycles. The number of hydrogen-bond acceptors (Lipinski definition) is 4. The number of nitriles is 2. The van der Waals surface area contributed by atoms with Crippen LogP contribution in [0.25, 0.3) is 5.70 Å². The molecule has 0 unspecified atom stereocenters. The van der Waals surface area contributed by atoms with Crippen LogP contribution in [-0.2, 0) is 0 Å². The van der Waals surface area contributed by atoms with Crippen molar-refractivity contribution in [3.63, 3.8) is 0 Å². The summed E-state index contributed by atoms with van der Waals surface area (Å²) in [5.74, 6) is 0.636. The van der Waals surface area contributed by atoms with Crippen LogP contribution in [0.4, 0.5) is 5.82 Å². The smallest absolute Gasteiger partial charge is 0.149 e. The molecule has 2 rings (SSSR count). The van der Waals surface area contributed by atoms with Crippen LogP contribution in [0.2, 0.25) is 0 Å². The van der Waals surface area contributed by atoms with E-state index in [9.17, 15) is 0 Å². The van der Waals surface area contributed by atoms with Gasteiger partial charge in [-0.3, -0.25) is 9.98 Å². The third-order valence-electron chi connectivity index (χ3n) is 2.56. The van der Waals surface area contributed by atoms with Crippen molar-refractivity contribution in [3.05, 3.63) is 29.3 Å². The molecule has 5 heteroatoms. The molecule has 1 aliphatic rings. The van der Waals surface area contributed by atoms with Gasteiger partial charge in [-0.15, -0.1) is 0 Å². The first-order chi connectivity index (χ1) is 7.60. The fourth-order valence-electron chi connectivity index (χ4n) is 1.90. The van der Waals surface area contributed by atoms with E-state index in [1.54, 1.807) is 4.57 Å². The first-order valence-electron chi connectivity index (χ1n) is 4.64. The molecule has 0 spiro atoms. The first kappa shape index (κ1) is 10.0. The highest BCUT2D eigenvalue weighted by molar-refractivity contribution is 5.71. The second-order valence-corrected chi connectivity index (χ2v) is 3.63. The van der Waals surface area contributed by atoms with Crippen LogP contribution in [0.1, 0.15) is 11.1 Å². The van der Waals surface area contributed by atoms with E-state index in [1.165, 1.54) is 6.07 Å². The molecule has 0 fully saturated rings. The summed E-state index contributed by atoms with van der Waals surface area (Å²) in [6.07, 6.45) is 0. The number of anilines is 1. The molecule has 5 nitrogen and oxygen atoms in total. The largest absolute Gasteiger partial charge is 0.354 e. The molecule has 0 saturated carbocycles. The molecule has 0 bridgehead atoms. The van der Waals surface area contributed by atoms with Crippen molar-refractivity contribution < 1.29 is 0 Å². The predicted octanol–water partition coefficient (Wildman–Crippen LogP) is 0.631. The van der Waals surface area contributed by atoms with Crippen molar-refractivity contribution >= 4 is 11.5 Å². The highest BCUT2D eigenvalue weighted by Crippen LogP contribution is 2.27. The SMILES string of the molecule is C=C1CN(C)c2c(C#N)cc(C#N)c(=N)n21. The molecule has 1 aromatic heterocycles. The molecule has 0 aliphatic carbocycles. The van der Waals surface area contributed by atoms with E-state index in [0.29, 0.717) is 23.6 Å². The van der Waals surface area contributed by atoms with Gasteiger partial charge in [0.15, 0.2) is 0 Å². The zero-order chi connectivity index (χ0) is 11.9. The molecule has 0 amide bonds. The van der Waals surface area contributed by atoms with E-state index in [-0.39, 0.29) is 11.1 Å². The Morgan fingerprint density at radius 2 is 2.00 bits per heavy atom. The number of rotatable bonds is 0. The van der Waals surface area contributed by atoms with E-state index < -0.39 is 0 Å². The third-order valence-corrected chi connectivity index (χ3v) is 2.56. The van der Waals surface area contributed by atoms with E-state index in [2.05, 4.69) is 6.58 Å². The number of fused-ring (bicyclic) bond motifs is 1. The minimum atomic E-state index is 0.0888. The van der Waals surface area contributed by atoms with E-state index >= 15 is 0 Å². The highest BCUT2D eigenvalue weighted by atomic mass is 15.3. The predicted molar refractivity (Wildman–Crippen MR) is 58.3 cm³/mol. The number of hydrogen-bond donors (Lipinski definition) is 1. The molecule has 16 heavy (non-hydrogen) atoms. The molecule has 1 aromatic rings. The zero-order valence-electron chi connectivity index (χ0n) is 8.78. The van der Waals surface area contributed by atoms with Gasteiger partial charge < -0.3 is 4.90 Å². The minimum absolute atomic E-state index is 0.0888.